The average Bonchev–Trinajstić information content (AvgIpc) is 2.40. The van der Waals surface area contributed by atoms with E-state index in [0.29, 0.717) is 6.42 Å². The van der Waals surface area contributed by atoms with Gasteiger partial charge in [-0.1, -0.05) is 41.9 Å². The highest BCUT2D eigenvalue weighted by Gasteiger charge is 2.03. The SMILES string of the molecule is O=CCCc1ccc(-c2ccc(Cl)c(F)c2)cc1. The van der Waals surface area contributed by atoms with E-state index in [1.54, 1.807) is 12.1 Å². The third kappa shape index (κ3) is 2.96. The molecule has 0 amide bonds. The van der Waals surface area contributed by atoms with Crippen LogP contribution in [0.5, 0.6) is 0 Å². The van der Waals surface area contributed by atoms with Crippen molar-refractivity contribution in [2.75, 3.05) is 0 Å². The van der Waals surface area contributed by atoms with Crippen molar-refractivity contribution >= 4 is 17.9 Å². The molecule has 0 radical (unpaired) electrons. The van der Waals surface area contributed by atoms with Crippen LogP contribution in [0.2, 0.25) is 5.02 Å². The molecule has 0 aliphatic rings. The molecule has 0 aromatic heterocycles. The van der Waals surface area contributed by atoms with Gasteiger partial charge in [-0.05, 0) is 35.2 Å². The molecule has 0 heterocycles. The topological polar surface area (TPSA) is 17.1 Å². The molecule has 0 saturated heterocycles. The van der Waals surface area contributed by atoms with Gasteiger partial charge < -0.3 is 4.79 Å². The van der Waals surface area contributed by atoms with Gasteiger partial charge in [-0.15, -0.1) is 0 Å². The molecule has 0 aliphatic heterocycles. The summed E-state index contributed by atoms with van der Waals surface area (Å²) < 4.78 is 13.3. The molecule has 92 valence electrons. The van der Waals surface area contributed by atoms with Crippen LogP contribution in [0.4, 0.5) is 4.39 Å². The van der Waals surface area contributed by atoms with Crippen LogP contribution >= 0.6 is 11.6 Å². The minimum absolute atomic E-state index is 0.126. The van der Waals surface area contributed by atoms with E-state index >= 15 is 0 Å². The van der Waals surface area contributed by atoms with Crippen LogP contribution in [0.1, 0.15) is 12.0 Å². The van der Waals surface area contributed by atoms with E-state index in [9.17, 15) is 9.18 Å². The highest BCUT2D eigenvalue weighted by atomic mass is 35.5. The van der Waals surface area contributed by atoms with Crippen molar-refractivity contribution in [3.8, 4) is 11.1 Å². The second-order valence-corrected chi connectivity index (χ2v) is 4.44. The minimum atomic E-state index is -0.417. The van der Waals surface area contributed by atoms with Gasteiger partial charge in [0.25, 0.3) is 0 Å². The van der Waals surface area contributed by atoms with Gasteiger partial charge in [-0.25, -0.2) is 4.39 Å². The predicted octanol–water partition coefficient (Wildman–Crippen LogP) is 4.28. The van der Waals surface area contributed by atoms with Crippen molar-refractivity contribution in [1.29, 1.82) is 0 Å². The molecule has 0 atom stereocenters. The Labute approximate surface area is 110 Å². The van der Waals surface area contributed by atoms with E-state index < -0.39 is 5.82 Å². The second kappa shape index (κ2) is 5.78. The van der Waals surface area contributed by atoms with Crippen molar-refractivity contribution in [2.24, 2.45) is 0 Å². The second-order valence-electron chi connectivity index (χ2n) is 4.03. The molecule has 0 bridgehead atoms. The first-order valence-electron chi connectivity index (χ1n) is 5.68. The molecule has 18 heavy (non-hydrogen) atoms. The quantitative estimate of drug-likeness (QED) is 0.752. The Bertz CT molecular complexity index is 549. The highest BCUT2D eigenvalue weighted by Crippen LogP contribution is 2.24. The normalized spacial score (nSPS) is 10.3. The van der Waals surface area contributed by atoms with Gasteiger partial charge in [0.05, 0.1) is 5.02 Å². The summed E-state index contributed by atoms with van der Waals surface area (Å²) in [6.07, 6.45) is 2.16. The fraction of sp³-hybridized carbons (Fsp3) is 0.133. The van der Waals surface area contributed by atoms with E-state index in [1.807, 2.05) is 24.3 Å². The fourth-order valence-electron chi connectivity index (χ4n) is 1.77. The Balaban J connectivity index is 2.22. The van der Waals surface area contributed by atoms with Gasteiger partial charge in [0.2, 0.25) is 0 Å². The Morgan fingerprint density at radius 1 is 1.06 bits per heavy atom. The van der Waals surface area contributed by atoms with E-state index in [1.165, 1.54) is 6.07 Å². The molecular formula is C15H12ClFO. The van der Waals surface area contributed by atoms with Crippen LogP contribution in [-0.2, 0) is 11.2 Å². The first-order valence-corrected chi connectivity index (χ1v) is 6.06. The maximum Gasteiger partial charge on any atom is 0.142 e. The van der Waals surface area contributed by atoms with Crippen LogP contribution in [0.25, 0.3) is 11.1 Å². The molecule has 0 unspecified atom stereocenters. The molecule has 2 aromatic rings. The van der Waals surface area contributed by atoms with Crippen molar-refractivity contribution in [3.63, 3.8) is 0 Å². The van der Waals surface area contributed by atoms with Gasteiger partial charge in [0.15, 0.2) is 0 Å². The standard InChI is InChI=1S/C15H12ClFO/c16-14-8-7-13(10-15(14)17)12-5-3-11(4-6-12)2-1-9-18/h3-10H,1-2H2. The number of carbonyl (C=O) groups excluding carboxylic acids is 1. The molecule has 1 nitrogen and oxygen atoms in total. The number of aryl methyl sites for hydroxylation is 1. The third-order valence-corrected chi connectivity index (χ3v) is 3.06. The predicted molar refractivity (Wildman–Crippen MR) is 71.2 cm³/mol. The number of carbonyl (C=O) groups is 1. The van der Waals surface area contributed by atoms with Gasteiger partial charge in [-0.2, -0.15) is 0 Å². The Kier molecular flexibility index (Phi) is 4.11. The van der Waals surface area contributed by atoms with Gasteiger partial charge in [-0.3, -0.25) is 0 Å². The average molecular weight is 263 g/mol. The number of aldehydes is 1. The third-order valence-electron chi connectivity index (χ3n) is 2.76. The van der Waals surface area contributed by atoms with Crippen molar-refractivity contribution in [1.82, 2.24) is 0 Å². The Morgan fingerprint density at radius 2 is 1.72 bits per heavy atom. The van der Waals surface area contributed by atoms with Gasteiger partial charge in [0, 0.05) is 6.42 Å². The summed E-state index contributed by atoms with van der Waals surface area (Å²) in [7, 11) is 0. The maximum atomic E-state index is 13.3. The van der Waals surface area contributed by atoms with E-state index in [0.717, 1.165) is 29.4 Å². The zero-order valence-corrected chi connectivity index (χ0v) is 10.5. The van der Waals surface area contributed by atoms with Crippen LogP contribution < -0.4 is 0 Å². The summed E-state index contributed by atoms with van der Waals surface area (Å²) in [5.41, 5.74) is 2.82. The molecule has 3 heteroatoms. The summed E-state index contributed by atoms with van der Waals surface area (Å²) in [6.45, 7) is 0. The van der Waals surface area contributed by atoms with E-state index in [2.05, 4.69) is 0 Å². The molecule has 0 spiro atoms. The van der Waals surface area contributed by atoms with Crippen LogP contribution in [0.15, 0.2) is 42.5 Å². The summed E-state index contributed by atoms with van der Waals surface area (Å²) in [5, 5.41) is 0.126. The molecule has 0 aliphatic carbocycles. The monoisotopic (exact) mass is 262 g/mol. The fourth-order valence-corrected chi connectivity index (χ4v) is 1.88. The summed E-state index contributed by atoms with van der Waals surface area (Å²) in [4.78, 5) is 10.3. The van der Waals surface area contributed by atoms with Crippen molar-refractivity contribution in [2.45, 2.75) is 12.8 Å². The number of rotatable bonds is 4. The van der Waals surface area contributed by atoms with Crippen molar-refractivity contribution in [3.05, 3.63) is 58.9 Å². The summed E-state index contributed by atoms with van der Waals surface area (Å²) in [5.74, 6) is -0.417. The number of benzene rings is 2. The van der Waals surface area contributed by atoms with Crippen LogP contribution in [0, 0.1) is 5.82 Å². The molecule has 0 N–H and O–H groups in total. The number of hydrogen-bond acceptors (Lipinski definition) is 1. The largest absolute Gasteiger partial charge is 0.303 e. The highest BCUT2D eigenvalue weighted by molar-refractivity contribution is 6.30. The molecule has 2 rings (SSSR count). The first kappa shape index (κ1) is 12.8. The minimum Gasteiger partial charge on any atom is -0.303 e. The molecule has 0 fully saturated rings. The smallest absolute Gasteiger partial charge is 0.142 e. The van der Waals surface area contributed by atoms with Gasteiger partial charge >= 0.3 is 0 Å². The first-order chi connectivity index (χ1) is 8.70. The van der Waals surface area contributed by atoms with E-state index in [4.69, 9.17) is 11.6 Å². The van der Waals surface area contributed by atoms with Crippen LogP contribution in [0.3, 0.4) is 0 Å². The zero-order valence-electron chi connectivity index (χ0n) is 9.70. The summed E-state index contributed by atoms with van der Waals surface area (Å²) in [6, 6.07) is 12.5. The van der Waals surface area contributed by atoms with Gasteiger partial charge in [0.1, 0.15) is 12.1 Å². The number of halogens is 2. The van der Waals surface area contributed by atoms with Crippen molar-refractivity contribution < 1.29 is 9.18 Å². The zero-order chi connectivity index (χ0) is 13.0. The lowest BCUT2D eigenvalue weighted by Gasteiger charge is -2.04. The molecule has 0 saturated carbocycles. The summed E-state index contributed by atoms with van der Waals surface area (Å²) >= 11 is 5.64. The number of hydrogen-bond donors (Lipinski definition) is 0. The lowest BCUT2D eigenvalue weighted by molar-refractivity contribution is -0.107. The van der Waals surface area contributed by atoms with Crippen LogP contribution in [-0.4, -0.2) is 6.29 Å². The van der Waals surface area contributed by atoms with E-state index in [-0.39, 0.29) is 5.02 Å². The Hall–Kier alpha value is -1.67. The lowest BCUT2D eigenvalue weighted by atomic mass is 10.0. The Morgan fingerprint density at radius 3 is 2.33 bits per heavy atom. The molecule has 2 aromatic carbocycles. The lowest BCUT2D eigenvalue weighted by Crippen LogP contribution is -1.87. The molecular weight excluding hydrogens is 251 g/mol. The maximum absolute atomic E-state index is 13.3.